The Morgan fingerprint density at radius 2 is 1.64 bits per heavy atom. The minimum atomic E-state index is -2.79. The molecule has 2 aromatic rings. The number of nitrogens with zero attached hydrogens (tertiary/aromatic N) is 1. The van der Waals surface area contributed by atoms with Gasteiger partial charge in [-0.15, -0.1) is 0 Å². The lowest BCUT2D eigenvalue weighted by Crippen LogP contribution is -2.66. The molecule has 0 spiro atoms. The van der Waals surface area contributed by atoms with Gasteiger partial charge < -0.3 is 14.3 Å². The molecule has 1 saturated carbocycles. The number of ether oxygens (including phenoxy) is 1. The van der Waals surface area contributed by atoms with Gasteiger partial charge in [0.15, 0.2) is 6.10 Å². The van der Waals surface area contributed by atoms with Gasteiger partial charge in [0.05, 0.1) is 11.8 Å². The maximum absolute atomic E-state index is 12.5. The van der Waals surface area contributed by atoms with E-state index in [1.54, 1.807) is 4.90 Å². The average Bonchev–Trinajstić information content (AvgIpc) is 3.29. The van der Waals surface area contributed by atoms with Crippen molar-refractivity contribution in [3.05, 3.63) is 72.0 Å². The van der Waals surface area contributed by atoms with E-state index < -0.39 is 20.5 Å². The molecule has 174 valence electrons. The number of carbonyl (C=O) groups is 1. The molecule has 1 N–H and O–H groups in total. The summed E-state index contributed by atoms with van der Waals surface area (Å²) in [6.07, 6.45) is -0.0972. The fraction of sp³-hybridized carbons (Fsp3) is 0.444. The van der Waals surface area contributed by atoms with E-state index in [1.807, 2.05) is 12.1 Å². The Labute approximate surface area is 197 Å². The van der Waals surface area contributed by atoms with Gasteiger partial charge in [0.2, 0.25) is 0 Å². The molecule has 0 bridgehead atoms. The molecular weight excluding hydrogens is 430 g/mol. The lowest BCUT2D eigenvalue weighted by molar-refractivity contribution is 0.0217. The molecule has 4 atom stereocenters. The molecule has 1 unspecified atom stereocenters. The molecule has 1 saturated heterocycles. The van der Waals surface area contributed by atoms with Gasteiger partial charge >= 0.3 is 14.4 Å². The first-order chi connectivity index (χ1) is 15.8. The first kappa shape index (κ1) is 22.2. The highest BCUT2D eigenvalue weighted by Gasteiger charge is 2.60. The van der Waals surface area contributed by atoms with Gasteiger partial charge in [-0.25, -0.2) is 4.79 Å². The Bertz CT molecular complexity index is 1020. The number of aliphatic hydroxyl groups excluding tert-OH is 1. The number of hydrogen-bond acceptors (Lipinski definition) is 4. The molecule has 2 aliphatic heterocycles. The molecule has 0 radical (unpaired) electrons. The normalized spacial score (nSPS) is 26.9. The predicted octanol–water partition coefficient (Wildman–Crippen LogP) is 3.81. The molecule has 5 rings (SSSR count). The highest BCUT2D eigenvalue weighted by atomic mass is 28.4. The van der Waals surface area contributed by atoms with Crippen molar-refractivity contribution in [2.24, 2.45) is 5.92 Å². The largest absolute Gasteiger partial charge is 0.537 e. The topological polar surface area (TPSA) is 59.0 Å². The summed E-state index contributed by atoms with van der Waals surface area (Å²) in [5, 5.41) is 13.3. The van der Waals surface area contributed by atoms with Crippen LogP contribution in [0.3, 0.4) is 0 Å². The third kappa shape index (κ3) is 3.26. The van der Waals surface area contributed by atoms with Crippen LogP contribution < -0.4 is 10.4 Å². The number of aliphatic hydroxyl groups is 1. The van der Waals surface area contributed by atoms with Crippen LogP contribution in [0.1, 0.15) is 40.5 Å². The van der Waals surface area contributed by atoms with Crippen molar-refractivity contribution in [2.45, 2.75) is 63.8 Å². The minimum Gasteiger partial charge on any atom is -0.537 e. The van der Waals surface area contributed by atoms with Gasteiger partial charge in [0.25, 0.3) is 0 Å². The van der Waals surface area contributed by atoms with E-state index in [0.29, 0.717) is 13.0 Å². The predicted molar refractivity (Wildman–Crippen MR) is 131 cm³/mol. The van der Waals surface area contributed by atoms with Gasteiger partial charge in [-0.3, -0.25) is 4.90 Å². The van der Waals surface area contributed by atoms with E-state index in [2.05, 4.69) is 76.2 Å². The number of benzene rings is 2. The summed E-state index contributed by atoms with van der Waals surface area (Å²) >= 11 is 0. The van der Waals surface area contributed by atoms with E-state index in [9.17, 15) is 9.90 Å². The standard InChI is InChI=1S/C27H33NO4Si/c1-5-20-22-21(16-17-28-23(22)25(24(20)29)31-26(28)30)32-33(27(2,3)4,18-12-8-6-9-13-18)19-14-10-7-11-15-19/h6-15,20,23-25,29H,5,16-17H2,1-4H3/t20?,23-,24-,25-/m0/s1. The van der Waals surface area contributed by atoms with Crippen molar-refractivity contribution < 1.29 is 19.1 Å². The van der Waals surface area contributed by atoms with Crippen LogP contribution in [0.2, 0.25) is 5.04 Å². The summed E-state index contributed by atoms with van der Waals surface area (Å²) in [4.78, 5) is 14.3. The molecule has 2 heterocycles. The van der Waals surface area contributed by atoms with Crippen molar-refractivity contribution >= 4 is 24.8 Å². The summed E-state index contributed by atoms with van der Waals surface area (Å²) in [5.41, 5.74) is 1.07. The van der Waals surface area contributed by atoms with Gasteiger partial charge in [-0.05, 0) is 27.4 Å². The molecule has 3 aliphatic rings. The van der Waals surface area contributed by atoms with Crippen molar-refractivity contribution in [3.63, 3.8) is 0 Å². The number of rotatable bonds is 5. The summed E-state index contributed by atoms with van der Waals surface area (Å²) in [5.74, 6) is 0.890. The van der Waals surface area contributed by atoms with Gasteiger partial charge in [0, 0.05) is 18.9 Å². The zero-order valence-corrected chi connectivity index (χ0v) is 20.8. The molecule has 33 heavy (non-hydrogen) atoms. The number of hydrogen-bond donors (Lipinski definition) is 1. The van der Waals surface area contributed by atoms with Crippen LogP contribution in [-0.2, 0) is 9.16 Å². The van der Waals surface area contributed by atoms with E-state index in [0.717, 1.165) is 17.8 Å². The van der Waals surface area contributed by atoms with Crippen LogP contribution in [0.4, 0.5) is 4.79 Å². The Kier molecular flexibility index (Phi) is 5.41. The van der Waals surface area contributed by atoms with Crippen LogP contribution in [0, 0.1) is 5.92 Å². The third-order valence-electron chi connectivity index (χ3n) is 7.62. The summed E-state index contributed by atoms with van der Waals surface area (Å²) in [7, 11) is -2.79. The lowest BCUT2D eigenvalue weighted by atomic mass is 9.92. The fourth-order valence-corrected chi connectivity index (χ4v) is 10.7. The number of carbonyl (C=O) groups excluding carboxylic acids is 1. The van der Waals surface area contributed by atoms with E-state index in [4.69, 9.17) is 9.16 Å². The second kappa shape index (κ2) is 8.03. The van der Waals surface area contributed by atoms with Crippen LogP contribution in [0.5, 0.6) is 0 Å². The first-order valence-electron chi connectivity index (χ1n) is 12.0. The van der Waals surface area contributed by atoms with E-state index in [-0.39, 0.29) is 23.1 Å². The Morgan fingerprint density at radius 1 is 1.06 bits per heavy atom. The zero-order valence-electron chi connectivity index (χ0n) is 19.8. The Hall–Kier alpha value is -2.57. The van der Waals surface area contributed by atoms with Gasteiger partial charge in [-0.1, -0.05) is 88.4 Å². The van der Waals surface area contributed by atoms with Crippen LogP contribution in [0.25, 0.3) is 0 Å². The van der Waals surface area contributed by atoms with Crippen LogP contribution >= 0.6 is 0 Å². The SMILES string of the molecule is CCC1C2=C(O[Si](c3ccccc3)(c3ccccc3)C(C)(C)C)CCN3C(=O)O[C@H]([C@H]1O)[C@H]23. The van der Waals surface area contributed by atoms with Crippen LogP contribution in [0.15, 0.2) is 72.0 Å². The molecule has 1 amide bonds. The Morgan fingerprint density at radius 3 is 2.15 bits per heavy atom. The third-order valence-corrected chi connectivity index (χ3v) is 12.6. The van der Waals surface area contributed by atoms with Crippen molar-refractivity contribution in [3.8, 4) is 0 Å². The second-order valence-corrected chi connectivity index (χ2v) is 14.6. The smallest absolute Gasteiger partial charge is 0.410 e. The molecule has 2 aromatic carbocycles. The number of amides is 1. The Balaban J connectivity index is 1.72. The molecule has 1 aliphatic carbocycles. The first-order valence-corrected chi connectivity index (χ1v) is 13.9. The summed E-state index contributed by atoms with van der Waals surface area (Å²) in [6.45, 7) is 9.45. The van der Waals surface area contributed by atoms with Crippen molar-refractivity contribution in [1.82, 2.24) is 4.90 Å². The summed E-state index contributed by atoms with van der Waals surface area (Å²) in [6, 6.07) is 21.0. The molecule has 0 aromatic heterocycles. The van der Waals surface area contributed by atoms with Crippen LogP contribution in [-0.4, -0.2) is 49.2 Å². The maximum Gasteiger partial charge on any atom is 0.410 e. The van der Waals surface area contributed by atoms with Crippen molar-refractivity contribution in [2.75, 3.05) is 6.54 Å². The second-order valence-electron chi connectivity index (χ2n) is 10.4. The monoisotopic (exact) mass is 463 g/mol. The highest BCUT2D eigenvalue weighted by Crippen LogP contribution is 2.49. The lowest BCUT2D eigenvalue weighted by Gasteiger charge is -2.45. The molecule has 6 heteroatoms. The maximum atomic E-state index is 12.5. The average molecular weight is 464 g/mol. The van der Waals surface area contributed by atoms with Gasteiger partial charge in [0.1, 0.15) is 6.10 Å². The van der Waals surface area contributed by atoms with Gasteiger partial charge in [-0.2, -0.15) is 0 Å². The zero-order chi connectivity index (χ0) is 23.4. The quantitative estimate of drug-likeness (QED) is 0.685. The summed E-state index contributed by atoms with van der Waals surface area (Å²) < 4.78 is 13.0. The molecule has 5 nitrogen and oxygen atoms in total. The van der Waals surface area contributed by atoms with E-state index >= 15 is 0 Å². The highest BCUT2D eigenvalue weighted by molar-refractivity contribution is 6.99. The fourth-order valence-electron chi connectivity index (χ4n) is 6.15. The van der Waals surface area contributed by atoms with Crippen molar-refractivity contribution in [1.29, 1.82) is 0 Å². The minimum absolute atomic E-state index is 0.0656. The van der Waals surface area contributed by atoms with E-state index in [1.165, 1.54) is 10.4 Å². The molecular formula is C27H33NO4Si. The molecule has 2 fully saturated rings.